The van der Waals surface area contributed by atoms with Crippen molar-refractivity contribution < 1.29 is 14.3 Å². The number of hydrogen-bond acceptors (Lipinski definition) is 3. The minimum atomic E-state index is -0.185. The molecular weight excluding hydrogens is 314 g/mol. The van der Waals surface area contributed by atoms with Crippen LogP contribution in [0.2, 0.25) is 0 Å². The first-order valence-electron chi connectivity index (χ1n) is 8.83. The van der Waals surface area contributed by atoms with Gasteiger partial charge in [0, 0.05) is 16.8 Å². The summed E-state index contributed by atoms with van der Waals surface area (Å²) in [6.45, 7) is 0.0571. The number of carbonyl (C=O) groups excluding carboxylic acids is 2. The van der Waals surface area contributed by atoms with E-state index in [9.17, 15) is 9.59 Å². The van der Waals surface area contributed by atoms with Crippen molar-refractivity contribution in [2.75, 3.05) is 11.9 Å². The maximum Gasteiger partial charge on any atom is 0.250 e. The molecule has 2 aromatic rings. The van der Waals surface area contributed by atoms with Crippen LogP contribution in [0.5, 0.6) is 0 Å². The fraction of sp³-hybridized carbons (Fsp3) is 0.333. The Morgan fingerprint density at radius 2 is 1.64 bits per heavy atom. The highest BCUT2D eigenvalue weighted by molar-refractivity contribution is 6.09. The van der Waals surface area contributed by atoms with Crippen molar-refractivity contribution in [2.45, 2.75) is 38.2 Å². The predicted octanol–water partition coefficient (Wildman–Crippen LogP) is 4.21. The van der Waals surface area contributed by atoms with Crippen molar-refractivity contribution in [3.05, 3.63) is 65.7 Å². The number of ether oxygens (including phenoxy) is 1. The predicted molar refractivity (Wildman–Crippen MR) is 97.8 cm³/mol. The van der Waals surface area contributed by atoms with Gasteiger partial charge in [0.15, 0.2) is 5.78 Å². The molecule has 0 heterocycles. The van der Waals surface area contributed by atoms with Gasteiger partial charge in [-0.3, -0.25) is 9.59 Å². The topological polar surface area (TPSA) is 55.4 Å². The van der Waals surface area contributed by atoms with Crippen LogP contribution in [-0.4, -0.2) is 24.4 Å². The Kier molecular flexibility index (Phi) is 5.96. The molecule has 130 valence electrons. The number of amides is 1. The molecular formula is C21H23NO3. The van der Waals surface area contributed by atoms with Crippen LogP contribution in [-0.2, 0) is 9.53 Å². The van der Waals surface area contributed by atoms with Gasteiger partial charge >= 0.3 is 0 Å². The van der Waals surface area contributed by atoms with Gasteiger partial charge in [0.05, 0.1) is 6.10 Å². The number of carbonyl (C=O) groups is 2. The largest absolute Gasteiger partial charge is 0.368 e. The second-order valence-corrected chi connectivity index (χ2v) is 6.40. The first kappa shape index (κ1) is 17.4. The fourth-order valence-electron chi connectivity index (χ4n) is 3.12. The molecule has 4 heteroatoms. The van der Waals surface area contributed by atoms with E-state index in [1.807, 2.05) is 18.2 Å². The van der Waals surface area contributed by atoms with Crippen LogP contribution >= 0.6 is 0 Å². The molecule has 2 aromatic carbocycles. The molecule has 0 radical (unpaired) electrons. The molecule has 1 N–H and O–H groups in total. The Hall–Kier alpha value is -2.46. The zero-order valence-electron chi connectivity index (χ0n) is 14.2. The third kappa shape index (κ3) is 5.00. The number of rotatable bonds is 6. The summed E-state index contributed by atoms with van der Waals surface area (Å²) < 4.78 is 5.68. The van der Waals surface area contributed by atoms with Crippen molar-refractivity contribution in [2.24, 2.45) is 0 Å². The summed E-state index contributed by atoms with van der Waals surface area (Å²) in [5.41, 5.74) is 1.79. The standard InChI is InChI=1S/C21H23NO3/c23-20(15-25-19-12-5-2-6-13-19)22-18-11-7-10-17(14-18)21(24)16-8-3-1-4-9-16/h1,3-4,7-11,14,19H,2,5-6,12-13,15H2,(H,22,23). The smallest absolute Gasteiger partial charge is 0.250 e. The van der Waals surface area contributed by atoms with Gasteiger partial charge in [-0.15, -0.1) is 0 Å². The highest BCUT2D eigenvalue weighted by atomic mass is 16.5. The van der Waals surface area contributed by atoms with Gasteiger partial charge in [-0.2, -0.15) is 0 Å². The number of anilines is 1. The number of ketones is 1. The van der Waals surface area contributed by atoms with E-state index >= 15 is 0 Å². The first-order valence-corrected chi connectivity index (χ1v) is 8.83. The molecule has 0 bridgehead atoms. The van der Waals surface area contributed by atoms with Crippen LogP contribution in [0.1, 0.15) is 48.0 Å². The van der Waals surface area contributed by atoms with Gasteiger partial charge in [0.25, 0.3) is 0 Å². The van der Waals surface area contributed by atoms with E-state index in [1.165, 1.54) is 19.3 Å². The van der Waals surface area contributed by atoms with Gasteiger partial charge < -0.3 is 10.1 Å². The van der Waals surface area contributed by atoms with E-state index in [2.05, 4.69) is 5.32 Å². The second kappa shape index (κ2) is 8.58. The normalized spacial score (nSPS) is 14.9. The van der Waals surface area contributed by atoms with Crippen molar-refractivity contribution in [3.63, 3.8) is 0 Å². The highest BCUT2D eigenvalue weighted by Gasteiger charge is 2.15. The van der Waals surface area contributed by atoms with Gasteiger partial charge in [-0.25, -0.2) is 0 Å². The lowest BCUT2D eigenvalue weighted by Gasteiger charge is -2.21. The van der Waals surface area contributed by atoms with Crippen LogP contribution in [0.4, 0.5) is 5.69 Å². The molecule has 1 saturated carbocycles. The Balaban J connectivity index is 1.57. The molecule has 0 aromatic heterocycles. The third-order valence-electron chi connectivity index (χ3n) is 4.45. The van der Waals surface area contributed by atoms with Crippen LogP contribution in [0.15, 0.2) is 54.6 Å². The van der Waals surface area contributed by atoms with Gasteiger partial charge in [-0.05, 0) is 25.0 Å². The average Bonchev–Trinajstić information content (AvgIpc) is 2.67. The summed E-state index contributed by atoms with van der Waals surface area (Å²) in [5, 5.41) is 2.81. The van der Waals surface area contributed by atoms with E-state index in [1.54, 1.807) is 36.4 Å². The van der Waals surface area contributed by atoms with E-state index in [-0.39, 0.29) is 24.4 Å². The summed E-state index contributed by atoms with van der Waals surface area (Å²) in [7, 11) is 0. The molecule has 4 nitrogen and oxygen atoms in total. The highest BCUT2D eigenvalue weighted by Crippen LogP contribution is 2.20. The summed E-state index contributed by atoms with van der Waals surface area (Å²) in [5.74, 6) is -0.245. The minimum Gasteiger partial charge on any atom is -0.368 e. The lowest BCUT2D eigenvalue weighted by molar-refractivity contribution is -0.123. The molecule has 1 aliphatic carbocycles. The van der Waals surface area contributed by atoms with Gasteiger partial charge in [0.1, 0.15) is 6.61 Å². The monoisotopic (exact) mass is 337 g/mol. The average molecular weight is 337 g/mol. The molecule has 1 fully saturated rings. The van der Waals surface area contributed by atoms with Crippen LogP contribution in [0.3, 0.4) is 0 Å². The summed E-state index contributed by atoms with van der Waals surface area (Å²) in [4.78, 5) is 24.6. The van der Waals surface area contributed by atoms with Gasteiger partial charge in [-0.1, -0.05) is 61.7 Å². The quantitative estimate of drug-likeness (QED) is 0.804. The number of hydrogen-bond donors (Lipinski definition) is 1. The van der Waals surface area contributed by atoms with Crippen molar-refractivity contribution >= 4 is 17.4 Å². The zero-order chi connectivity index (χ0) is 17.5. The molecule has 0 saturated heterocycles. The third-order valence-corrected chi connectivity index (χ3v) is 4.45. The SMILES string of the molecule is O=C(COC1CCCCC1)Nc1cccc(C(=O)c2ccccc2)c1. The molecule has 1 amide bonds. The van der Waals surface area contributed by atoms with Crippen molar-refractivity contribution in [1.29, 1.82) is 0 Å². The second-order valence-electron chi connectivity index (χ2n) is 6.40. The summed E-state index contributed by atoms with van der Waals surface area (Å²) in [6.07, 6.45) is 5.88. The molecule has 0 aliphatic heterocycles. The van der Waals surface area contributed by atoms with Crippen molar-refractivity contribution in [3.8, 4) is 0 Å². The Labute approximate surface area is 148 Å². The van der Waals surface area contributed by atoms with E-state index in [0.29, 0.717) is 16.8 Å². The number of nitrogens with one attached hydrogen (secondary N) is 1. The molecule has 3 rings (SSSR count). The van der Waals surface area contributed by atoms with Crippen LogP contribution < -0.4 is 5.32 Å². The molecule has 25 heavy (non-hydrogen) atoms. The Morgan fingerprint density at radius 3 is 2.40 bits per heavy atom. The van der Waals surface area contributed by atoms with E-state index in [0.717, 1.165) is 12.8 Å². The van der Waals surface area contributed by atoms with Crippen molar-refractivity contribution in [1.82, 2.24) is 0 Å². The lowest BCUT2D eigenvalue weighted by Crippen LogP contribution is -2.24. The maximum atomic E-state index is 12.5. The molecule has 0 spiro atoms. The summed E-state index contributed by atoms with van der Waals surface area (Å²) >= 11 is 0. The van der Waals surface area contributed by atoms with Gasteiger partial charge in [0.2, 0.25) is 5.91 Å². The molecule has 0 atom stereocenters. The maximum absolute atomic E-state index is 12.5. The lowest BCUT2D eigenvalue weighted by atomic mass is 9.98. The van der Waals surface area contributed by atoms with E-state index < -0.39 is 0 Å². The molecule has 1 aliphatic rings. The Bertz CT molecular complexity index is 721. The zero-order valence-corrected chi connectivity index (χ0v) is 14.2. The number of benzene rings is 2. The fourth-order valence-corrected chi connectivity index (χ4v) is 3.12. The minimum absolute atomic E-state index is 0.0571. The summed E-state index contributed by atoms with van der Waals surface area (Å²) in [6, 6.07) is 16.1. The van der Waals surface area contributed by atoms with E-state index in [4.69, 9.17) is 4.74 Å². The van der Waals surface area contributed by atoms with Crippen LogP contribution in [0, 0.1) is 0 Å². The molecule has 0 unspecified atom stereocenters. The van der Waals surface area contributed by atoms with Crippen LogP contribution in [0.25, 0.3) is 0 Å². The first-order chi connectivity index (χ1) is 12.2. The Morgan fingerprint density at radius 1 is 0.920 bits per heavy atom.